The van der Waals surface area contributed by atoms with Crippen LogP contribution in [-0.4, -0.2) is 155 Å². The van der Waals surface area contributed by atoms with E-state index in [1.165, 1.54) is 142 Å². The summed E-state index contributed by atoms with van der Waals surface area (Å²) in [5, 5.41) is 0. The molecule has 64 heavy (non-hydrogen) atoms. The van der Waals surface area contributed by atoms with E-state index >= 15 is 0 Å². The van der Waals surface area contributed by atoms with E-state index in [1.54, 1.807) is 0 Å². The van der Waals surface area contributed by atoms with Crippen LogP contribution in [0.2, 0.25) is 0 Å². The quantitative estimate of drug-likeness (QED) is 0.0379. The first-order valence-electron chi connectivity index (χ1n) is 26.0. The molecule has 8 nitrogen and oxygen atoms in total. The maximum absolute atomic E-state index is 6.40. The van der Waals surface area contributed by atoms with E-state index in [4.69, 9.17) is 18.9 Å². The van der Waals surface area contributed by atoms with Crippen LogP contribution in [-0.2, 0) is 0 Å². The van der Waals surface area contributed by atoms with E-state index in [-0.39, 0.29) is 0 Å². The molecule has 0 fully saturated rings. The molecule has 0 bridgehead atoms. The zero-order valence-electron chi connectivity index (χ0n) is 44.3. The minimum atomic E-state index is 0.725. The summed E-state index contributed by atoms with van der Waals surface area (Å²) in [6, 6.07) is 12.8. The van der Waals surface area contributed by atoms with Crippen LogP contribution in [0.4, 0.5) is 0 Å². The third kappa shape index (κ3) is 34.6. The average Bonchev–Trinajstić information content (AvgIpc) is 3.19. The molecule has 0 aliphatic heterocycles. The first-order valence-corrected chi connectivity index (χ1v) is 26.0. The van der Waals surface area contributed by atoms with Crippen LogP contribution in [0.25, 0.3) is 12.2 Å². The molecule has 2 aromatic carbocycles. The summed E-state index contributed by atoms with van der Waals surface area (Å²) in [5.74, 6) is 3.53. The van der Waals surface area contributed by atoms with Gasteiger partial charge in [-0.2, -0.15) is 0 Å². The zero-order chi connectivity index (χ0) is 47.2. The van der Waals surface area contributed by atoms with Gasteiger partial charge in [0.1, 0.15) is 23.0 Å². The first-order chi connectivity index (χ1) is 30.3. The van der Waals surface area contributed by atoms with Crippen molar-refractivity contribution in [1.82, 2.24) is 0 Å². The molecular formula is C56H104N4O4+4. The molecule has 2 rings (SSSR count). The molecule has 0 spiro atoms. The smallest absolute Gasteiger partial charge is 0.123 e. The Balaban J connectivity index is 2.08. The van der Waals surface area contributed by atoms with Crippen molar-refractivity contribution in [3.63, 3.8) is 0 Å². The Hall–Kier alpha value is -2.78. The molecule has 0 unspecified atom stereocenters. The van der Waals surface area contributed by atoms with Crippen LogP contribution >= 0.6 is 0 Å². The number of ether oxygens (including phenoxy) is 4. The third-order valence-corrected chi connectivity index (χ3v) is 11.7. The summed E-state index contributed by atoms with van der Waals surface area (Å²) in [6.45, 7) is 7.87. The van der Waals surface area contributed by atoms with Crippen molar-refractivity contribution in [2.45, 2.75) is 141 Å². The third-order valence-electron chi connectivity index (χ3n) is 11.7. The number of hydrogen-bond acceptors (Lipinski definition) is 4. The normalized spacial score (nSPS) is 12.6. The van der Waals surface area contributed by atoms with Gasteiger partial charge in [0, 0.05) is 12.1 Å². The fourth-order valence-electron chi connectivity index (χ4n) is 7.89. The lowest BCUT2D eigenvalue weighted by molar-refractivity contribution is -0.870. The zero-order valence-corrected chi connectivity index (χ0v) is 44.3. The Morgan fingerprint density at radius 1 is 0.266 bits per heavy atom. The molecule has 0 aromatic heterocycles. The highest BCUT2D eigenvalue weighted by Gasteiger charge is 2.10. The number of unbranched alkanes of at least 4 members (excludes halogenated alkanes) is 18. The second-order valence-electron chi connectivity index (χ2n) is 23.0. The first kappa shape index (κ1) is 57.3. The van der Waals surface area contributed by atoms with E-state index in [9.17, 15) is 0 Å². The Morgan fingerprint density at radius 2 is 0.453 bits per heavy atom. The molecule has 0 saturated carbocycles. The van der Waals surface area contributed by atoms with Crippen molar-refractivity contribution in [1.29, 1.82) is 0 Å². The molecule has 0 heterocycles. The molecule has 0 atom stereocenters. The topological polar surface area (TPSA) is 36.9 Å². The molecule has 0 radical (unpaired) electrons. The van der Waals surface area contributed by atoms with E-state index < -0.39 is 0 Å². The van der Waals surface area contributed by atoms with Gasteiger partial charge < -0.3 is 36.9 Å². The van der Waals surface area contributed by atoms with Crippen LogP contribution in [0.3, 0.4) is 0 Å². The van der Waals surface area contributed by atoms with Crippen LogP contribution in [0.5, 0.6) is 23.0 Å². The Labute approximate surface area is 396 Å². The molecule has 368 valence electrons. The SMILES string of the molecule is C[N+](C)(C)CCCCCCCCOc1cc(/C=C/c2cc(OCCCCCCCC[N+](C)(C)C)cc(OCCCCCCC[N+](C)(C)C)c2)cc(OCCCCCCC[N+](C)(C)C)c1. The summed E-state index contributed by atoms with van der Waals surface area (Å²) in [5.41, 5.74) is 2.15. The lowest BCUT2D eigenvalue weighted by Crippen LogP contribution is -2.35. The standard InChI is InChI=1S/C56H104N4O4/c1-57(2,3)37-27-19-13-15-23-31-41-61-53-45-51(47-55(49-53)63-43-33-25-17-21-29-39-59(7,8)9)35-36-52-46-54(62-42-32-24-16-14-20-28-38-58(4,5)6)50-56(48-52)64-44-34-26-18-22-30-40-60(10,11)12/h35-36,45-50H,13-34,37-44H2,1-12H3/q+4/b36-35+. The Bertz CT molecular complexity index is 1390. The maximum Gasteiger partial charge on any atom is 0.123 e. The minimum absolute atomic E-state index is 0.725. The van der Waals surface area contributed by atoms with E-state index in [1.807, 2.05) is 0 Å². The van der Waals surface area contributed by atoms with Crippen molar-refractivity contribution >= 4 is 12.2 Å². The molecule has 0 amide bonds. The molecule has 2 aromatic rings. The fraction of sp³-hybridized carbons (Fsp3) is 0.750. The molecular weight excluding hydrogens is 793 g/mol. The van der Waals surface area contributed by atoms with Crippen LogP contribution in [0.15, 0.2) is 36.4 Å². The lowest BCUT2D eigenvalue weighted by Gasteiger charge is -2.23. The second kappa shape index (κ2) is 32.0. The predicted molar refractivity (Wildman–Crippen MR) is 277 cm³/mol. The summed E-state index contributed by atoms with van der Waals surface area (Å²) < 4.78 is 29.8. The Morgan fingerprint density at radius 3 is 0.656 bits per heavy atom. The molecule has 0 N–H and O–H groups in total. The van der Waals surface area contributed by atoms with E-state index in [0.29, 0.717) is 0 Å². The van der Waals surface area contributed by atoms with Crippen molar-refractivity contribution in [2.75, 3.05) is 137 Å². The number of quaternary nitrogens is 4. The highest BCUT2D eigenvalue weighted by molar-refractivity contribution is 5.72. The highest BCUT2D eigenvalue weighted by Crippen LogP contribution is 2.28. The van der Waals surface area contributed by atoms with Gasteiger partial charge in [0.25, 0.3) is 0 Å². The van der Waals surface area contributed by atoms with Gasteiger partial charge in [0.05, 0.1) is 137 Å². The fourth-order valence-corrected chi connectivity index (χ4v) is 7.89. The summed E-state index contributed by atoms with van der Waals surface area (Å²) in [6.07, 6.45) is 31.6. The lowest BCUT2D eigenvalue weighted by atomic mass is 10.1. The molecule has 0 aliphatic carbocycles. The largest absolute Gasteiger partial charge is 0.493 e. The number of rotatable bonds is 40. The summed E-state index contributed by atoms with van der Waals surface area (Å²) >= 11 is 0. The minimum Gasteiger partial charge on any atom is -0.493 e. The van der Waals surface area contributed by atoms with Crippen molar-refractivity contribution in [3.8, 4) is 23.0 Å². The van der Waals surface area contributed by atoms with Gasteiger partial charge in [-0.05, 0) is 112 Å². The van der Waals surface area contributed by atoms with Gasteiger partial charge in [-0.3, -0.25) is 0 Å². The van der Waals surface area contributed by atoms with Gasteiger partial charge in [-0.15, -0.1) is 0 Å². The monoisotopic (exact) mass is 897 g/mol. The second-order valence-corrected chi connectivity index (χ2v) is 23.0. The van der Waals surface area contributed by atoms with E-state index in [0.717, 1.165) is 104 Å². The molecule has 0 saturated heterocycles. The predicted octanol–water partition coefficient (Wildman–Crippen LogP) is 12.8. The number of hydrogen-bond donors (Lipinski definition) is 0. The van der Waals surface area contributed by atoms with Crippen LogP contribution in [0, 0.1) is 0 Å². The highest BCUT2D eigenvalue weighted by atomic mass is 16.5. The van der Waals surface area contributed by atoms with Crippen molar-refractivity contribution in [3.05, 3.63) is 47.5 Å². The molecule has 0 aliphatic rings. The Kier molecular flexibility index (Phi) is 28.7. The van der Waals surface area contributed by atoms with Crippen LogP contribution < -0.4 is 18.9 Å². The van der Waals surface area contributed by atoms with Gasteiger partial charge in [-0.25, -0.2) is 0 Å². The van der Waals surface area contributed by atoms with Gasteiger partial charge in [0.2, 0.25) is 0 Å². The van der Waals surface area contributed by atoms with Crippen molar-refractivity contribution < 1.29 is 36.9 Å². The van der Waals surface area contributed by atoms with Gasteiger partial charge >= 0.3 is 0 Å². The van der Waals surface area contributed by atoms with Crippen LogP contribution in [0.1, 0.15) is 152 Å². The van der Waals surface area contributed by atoms with E-state index in [2.05, 4.69) is 133 Å². The van der Waals surface area contributed by atoms with Crippen molar-refractivity contribution in [2.24, 2.45) is 0 Å². The van der Waals surface area contributed by atoms with Gasteiger partial charge in [-0.1, -0.05) is 76.4 Å². The summed E-state index contributed by atoms with van der Waals surface area (Å²) in [7, 11) is 27.4. The number of benzene rings is 2. The molecule has 8 heteroatoms. The van der Waals surface area contributed by atoms with Gasteiger partial charge in [0.15, 0.2) is 0 Å². The maximum atomic E-state index is 6.40. The average molecular weight is 897 g/mol. The number of nitrogens with zero attached hydrogens (tertiary/aromatic N) is 4. The summed E-state index contributed by atoms with van der Waals surface area (Å²) in [4.78, 5) is 0.